The number of rotatable bonds is 13. The Bertz CT molecular complexity index is 963. The second-order valence-electron chi connectivity index (χ2n) is 8.40. The fourth-order valence-electron chi connectivity index (χ4n) is 4.02. The van der Waals surface area contributed by atoms with E-state index in [1.165, 1.54) is 20.2 Å². The van der Waals surface area contributed by atoms with Crippen molar-refractivity contribution in [1.82, 2.24) is 5.32 Å². The second-order valence-corrected chi connectivity index (χ2v) is 14.2. The maximum absolute atomic E-state index is 12.8. The number of amides is 1. The SMILES string of the molecule is CCCCSC(SCCCC)=C(NC(C)=O)[P+](c1ccccc1)(c1ccccc1)c1ccccc1. The van der Waals surface area contributed by atoms with E-state index >= 15 is 0 Å². The minimum atomic E-state index is -2.36. The highest BCUT2D eigenvalue weighted by Gasteiger charge is 2.52. The molecular formula is C30H37NOPS2+. The first-order valence-electron chi connectivity index (χ1n) is 12.5. The van der Waals surface area contributed by atoms with Crippen LogP contribution < -0.4 is 21.2 Å². The van der Waals surface area contributed by atoms with Gasteiger partial charge in [-0.1, -0.05) is 81.3 Å². The number of benzene rings is 3. The van der Waals surface area contributed by atoms with Gasteiger partial charge in [-0.3, -0.25) is 10.1 Å². The third-order valence-electron chi connectivity index (χ3n) is 5.72. The van der Waals surface area contributed by atoms with Gasteiger partial charge in [-0.2, -0.15) is 0 Å². The van der Waals surface area contributed by atoms with Crippen molar-refractivity contribution in [1.29, 1.82) is 0 Å². The highest BCUT2D eigenvalue weighted by Crippen LogP contribution is 2.64. The Morgan fingerprint density at radius 2 is 1.06 bits per heavy atom. The van der Waals surface area contributed by atoms with E-state index in [0.29, 0.717) is 0 Å². The predicted molar refractivity (Wildman–Crippen MR) is 161 cm³/mol. The molecule has 0 aliphatic rings. The van der Waals surface area contributed by atoms with Crippen LogP contribution >= 0.6 is 30.8 Å². The van der Waals surface area contributed by atoms with Crippen molar-refractivity contribution in [2.75, 3.05) is 11.5 Å². The summed E-state index contributed by atoms with van der Waals surface area (Å²) in [5, 5.41) is 7.18. The van der Waals surface area contributed by atoms with Crippen LogP contribution in [0.4, 0.5) is 0 Å². The Morgan fingerprint density at radius 3 is 1.37 bits per heavy atom. The van der Waals surface area contributed by atoms with E-state index in [-0.39, 0.29) is 5.91 Å². The highest BCUT2D eigenvalue weighted by atomic mass is 32.2. The Labute approximate surface area is 220 Å². The lowest BCUT2D eigenvalue weighted by molar-refractivity contribution is -0.118. The van der Waals surface area contributed by atoms with Crippen LogP contribution in [0.3, 0.4) is 0 Å². The van der Waals surface area contributed by atoms with Crippen LogP contribution in [0.15, 0.2) is 101 Å². The average Bonchev–Trinajstić information content (AvgIpc) is 2.89. The summed E-state index contributed by atoms with van der Waals surface area (Å²) in [6, 6.07) is 32.4. The molecule has 2 nitrogen and oxygen atoms in total. The number of nitrogens with one attached hydrogen (secondary N) is 1. The lowest BCUT2D eigenvalue weighted by atomic mass is 10.4. The molecule has 5 heteroatoms. The number of carbonyl (C=O) groups is 1. The van der Waals surface area contributed by atoms with Crippen molar-refractivity contribution in [2.45, 2.75) is 46.5 Å². The van der Waals surface area contributed by atoms with E-state index in [2.05, 4.69) is 110 Å². The van der Waals surface area contributed by atoms with Crippen molar-refractivity contribution < 1.29 is 4.79 Å². The fourth-order valence-corrected chi connectivity index (χ4v) is 11.8. The molecule has 0 aliphatic heterocycles. The van der Waals surface area contributed by atoms with Crippen molar-refractivity contribution in [3.05, 3.63) is 101 Å². The lowest BCUT2D eigenvalue weighted by Gasteiger charge is -2.30. The monoisotopic (exact) mass is 522 g/mol. The molecule has 0 heterocycles. The maximum atomic E-state index is 12.8. The van der Waals surface area contributed by atoms with Crippen LogP contribution in [0.2, 0.25) is 0 Å². The van der Waals surface area contributed by atoms with Crippen molar-refractivity contribution in [3.8, 4) is 0 Å². The van der Waals surface area contributed by atoms with Gasteiger partial charge in [0.1, 0.15) is 20.2 Å². The molecule has 3 aromatic carbocycles. The molecule has 0 saturated heterocycles. The van der Waals surface area contributed by atoms with Gasteiger partial charge in [0.25, 0.3) is 0 Å². The molecule has 0 bridgehead atoms. The van der Waals surface area contributed by atoms with Crippen LogP contribution in [-0.4, -0.2) is 17.4 Å². The first-order valence-corrected chi connectivity index (χ1v) is 16.2. The van der Waals surface area contributed by atoms with Crippen LogP contribution in [0.5, 0.6) is 0 Å². The quantitative estimate of drug-likeness (QED) is 0.188. The molecule has 184 valence electrons. The van der Waals surface area contributed by atoms with Gasteiger partial charge in [-0.25, -0.2) is 0 Å². The summed E-state index contributed by atoms with van der Waals surface area (Å²) >= 11 is 3.83. The van der Waals surface area contributed by atoms with Crippen molar-refractivity contribution in [3.63, 3.8) is 0 Å². The summed E-state index contributed by atoms with van der Waals surface area (Å²) in [5.41, 5.74) is 1.08. The van der Waals surface area contributed by atoms with E-state index in [0.717, 1.165) is 42.6 Å². The molecule has 0 saturated carbocycles. The van der Waals surface area contributed by atoms with Crippen LogP contribution in [0, 0.1) is 0 Å². The Balaban J connectivity index is 2.41. The number of thioether (sulfide) groups is 2. The minimum Gasteiger partial charge on any atom is -0.295 e. The predicted octanol–water partition coefficient (Wildman–Crippen LogP) is 7.31. The standard InChI is InChI=1S/C30H36NOPS2/c1-4-6-23-34-30(35-24-7-5-2)29(31-25(3)32)33(26-17-11-8-12-18-26,27-19-13-9-14-20-27)28-21-15-10-16-22-28/h8-22H,4-7,23-24H2,1-3H3/p+1. The molecule has 35 heavy (non-hydrogen) atoms. The molecule has 0 radical (unpaired) electrons. The maximum Gasteiger partial charge on any atom is 0.223 e. The average molecular weight is 523 g/mol. The van der Waals surface area contributed by atoms with E-state index < -0.39 is 7.26 Å². The third kappa shape index (κ3) is 7.03. The number of unbranched alkanes of at least 4 members (excludes halogenated alkanes) is 2. The first kappa shape index (κ1) is 27.6. The zero-order valence-corrected chi connectivity index (χ0v) is 23.6. The van der Waals surface area contributed by atoms with Crippen LogP contribution in [-0.2, 0) is 4.79 Å². The van der Waals surface area contributed by atoms with Gasteiger partial charge in [0.05, 0.1) is 0 Å². The van der Waals surface area contributed by atoms with E-state index in [9.17, 15) is 4.79 Å². The van der Waals surface area contributed by atoms with E-state index in [1.54, 1.807) is 6.92 Å². The molecule has 3 aromatic rings. The fraction of sp³-hybridized carbons (Fsp3) is 0.300. The van der Waals surface area contributed by atoms with Gasteiger partial charge < -0.3 is 0 Å². The molecule has 3 rings (SSSR count). The largest absolute Gasteiger partial charge is 0.295 e. The van der Waals surface area contributed by atoms with Crippen molar-refractivity contribution in [2.24, 2.45) is 0 Å². The molecule has 1 amide bonds. The molecule has 0 aromatic heterocycles. The molecule has 0 fully saturated rings. The van der Waals surface area contributed by atoms with Gasteiger partial charge >= 0.3 is 0 Å². The second kappa shape index (κ2) is 14.5. The summed E-state index contributed by atoms with van der Waals surface area (Å²) in [4.78, 5) is 12.8. The Kier molecular flexibility index (Phi) is 11.5. The Hall–Kier alpha value is -2.00. The van der Waals surface area contributed by atoms with E-state index in [1.807, 2.05) is 23.5 Å². The summed E-state index contributed by atoms with van der Waals surface area (Å²) in [5.74, 6) is 2.08. The minimum absolute atomic E-state index is 0.0168. The molecule has 0 unspecified atom stereocenters. The van der Waals surface area contributed by atoms with Gasteiger partial charge in [0, 0.05) is 6.92 Å². The molecule has 1 N–H and O–H groups in total. The number of carbonyl (C=O) groups excluding carboxylic acids is 1. The van der Waals surface area contributed by atoms with Gasteiger partial charge in [-0.05, 0) is 60.7 Å². The third-order valence-corrected chi connectivity index (χ3v) is 12.9. The molecule has 0 spiro atoms. The normalized spacial score (nSPS) is 11.2. The number of hydrogen-bond donors (Lipinski definition) is 1. The summed E-state index contributed by atoms with van der Waals surface area (Å²) in [6.45, 7) is 6.11. The van der Waals surface area contributed by atoms with Crippen molar-refractivity contribution >= 4 is 52.6 Å². The number of hydrogen-bond acceptors (Lipinski definition) is 3. The summed E-state index contributed by atoms with van der Waals surface area (Å²) in [6.07, 6.45) is 4.63. The van der Waals surface area contributed by atoms with Gasteiger partial charge in [0.15, 0.2) is 12.7 Å². The zero-order valence-electron chi connectivity index (χ0n) is 21.1. The van der Waals surface area contributed by atoms with E-state index in [4.69, 9.17) is 0 Å². The highest BCUT2D eigenvalue weighted by molar-refractivity contribution is 8.23. The lowest BCUT2D eigenvalue weighted by Crippen LogP contribution is -2.38. The van der Waals surface area contributed by atoms with Gasteiger partial charge in [-0.15, -0.1) is 23.5 Å². The zero-order chi connectivity index (χ0) is 24.9. The molecule has 0 atom stereocenters. The smallest absolute Gasteiger partial charge is 0.223 e. The van der Waals surface area contributed by atoms with Gasteiger partial charge in [0.2, 0.25) is 5.91 Å². The summed E-state index contributed by atoms with van der Waals surface area (Å²) < 4.78 is 1.26. The first-order chi connectivity index (χ1) is 17.1. The molecular weight excluding hydrogens is 485 g/mol. The Morgan fingerprint density at radius 1 is 0.686 bits per heavy atom. The van der Waals surface area contributed by atoms with Crippen LogP contribution in [0.25, 0.3) is 0 Å². The topological polar surface area (TPSA) is 29.1 Å². The summed E-state index contributed by atoms with van der Waals surface area (Å²) in [7, 11) is -2.36. The van der Waals surface area contributed by atoms with Crippen LogP contribution in [0.1, 0.15) is 46.5 Å². The molecule has 0 aliphatic carbocycles.